The molecular formula is C17H24N2O3. The zero-order valence-corrected chi connectivity index (χ0v) is 13.0. The predicted molar refractivity (Wildman–Crippen MR) is 83.7 cm³/mol. The van der Waals surface area contributed by atoms with Crippen LogP contribution in [0.25, 0.3) is 0 Å². The molecular weight excluding hydrogens is 280 g/mol. The monoisotopic (exact) mass is 304 g/mol. The summed E-state index contributed by atoms with van der Waals surface area (Å²) in [5.74, 6) is 0. The van der Waals surface area contributed by atoms with Crippen LogP contribution in [0.15, 0.2) is 24.3 Å². The van der Waals surface area contributed by atoms with E-state index < -0.39 is 5.60 Å². The summed E-state index contributed by atoms with van der Waals surface area (Å²) in [6.07, 6.45) is 4.62. The van der Waals surface area contributed by atoms with E-state index in [2.05, 4.69) is 10.6 Å². The normalized spacial score (nSPS) is 25.2. The molecule has 2 aliphatic carbocycles. The van der Waals surface area contributed by atoms with Crippen LogP contribution in [0, 0.1) is 0 Å². The Morgan fingerprint density at radius 1 is 1.23 bits per heavy atom. The number of amides is 2. The number of hydrogen-bond acceptors (Lipinski definition) is 3. The van der Waals surface area contributed by atoms with Crippen LogP contribution in [-0.2, 0) is 16.8 Å². The average molecular weight is 304 g/mol. The smallest absolute Gasteiger partial charge is 0.315 e. The highest BCUT2D eigenvalue weighted by molar-refractivity contribution is 5.74. The second-order valence-corrected chi connectivity index (χ2v) is 6.47. The fourth-order valence-corrected chi connectivity index (χ4v) is 3.41. The molecule has 2 amide bonds. The summed E-state index contributed by atoms with van der Waals surface area (Å²) in [7, 11) is 1.69. The summed E-state index contributed by atoms with van der Waals surface area (Å²) < 4.78 is 5.48. The number of benzene rings is 1. The maximum absolute atomic E-state index is 12.0. The fraction of sp³-hybridized carbons (Fsp3) is 0.588. The molecule has 1 atom stereocenters. The second-order valence-electron chi connectivity index (χ2n) is 6.47. The van der Waals surface area contributed by atoms with Gasteiger partial charge >= 0.3 is 6.03 Å². The second kappa shape index (κ2) is 5.89. The lowest BCUT2D eigenvalue weighted by atomic mass is 9.80. The number of urea groups is 1. The molecule has 0 saturated heterocycles. The summed E-state index contributed by atoms with van der Waals surface area (Å²) in [5.41, 5.74) is 0.958. The third-order valence-electron chi connectivity index (χ3n) is 5.14. The largest absolute Gasteiger partial charge is 0.383 e. The predicted octanol–water partition coefficient (Wildman–Crippen LogP) is 1.69. The van der Waals surface area contributed by atoms with Gasteiger partial charge in [0.15, 0.2) is 0 Å². The van der Waals surface area contributed by atoms with Crippen molar-refractivity contribution in [3.8, 4) is 0 Å². The molecule has 0 aromatic heterocycles. The maximum atomic E-state index is 12.0. The number of ether oxygens (including phenoxy) is 1. The molecule has 1 aromatic rings. The highest BCUT2D eigenvalue weighted by Crippen LogP contribution is 2.36. The van der Waals surface area contributed by atoms with Crippen LogP contribution in [0.4, 0.5) is 4.79 Å². The number of carbonyl (C=O) groups excluding carboxylic acids is 1. The first-order valence-electron chi connectivity index (χ1n) is 7.95. The Morgan fingerprint density at radius 2 is 1.95 bits per heavy atom. The Morgan fingerprint density at radius 3 is 2.64 bits per heavy atom. The molecule has 0 bridgehead atoms. The molecule has 120 valence electrons. The molecule has 5 heteroatoms. The molecule has 22 heavy (non-hydrogen) atoms. The highest BCUT2D eigenvalue weighted by atomic mass is 16.5. The van der Waals surface area contributed by atoms with Crippen molar-refractivity contribution < 1.29 is 14.6 Å². The maximum Gasteiger partial charge on any atom is 0.315 e. The van der Waals surface area contributed by atoms with Crippen molar-refractivity contribution in [1.29, 1.82) is 0 Å². The third kappa shape index (κ3) is 2.83. The topological polar surface area (TPSA) is 70.6 Å². The van der Waals surface area contributed by atoms with Gasteiger partial charge in [-0.2, -0.15) is 0 Å². The summed E-state index contributed by atoms with van der Waals surface area (Å²) in [4.78, 5) is 12.0. The Labute approximate surface area is 131 Å². The van der Waals surface area contributed by atoms with Crippen molar-refractivity contribution in [1.82, 2.24) is 10.6 Å². The van der Waals surface area contributed by atoms with Crippen LogP contribution in [0.1, 0.15) is 36.8 Å². The summed E-state index contributed by atoms with van der Waals surface area (Å²) in [5, 5.41) is 16.4. The van der Waals surface area contributed by atoms with Gasteiger partial charge in [-0.05, 0) is 43.2 Å². The molecule has 3 rings (SSSR count). The van der Waals surface area contributed by atoms with Gasteiger partial charge in [0.05, 0.1) is 12.1 Å². The van der Waals surface area contributed by atoms with E-state index in [0.717, 1.165) is 31.2 Å². The van der Waals surface area contributed by atoms with Gasteiger partial charge in [-0.15, -0.1) is 0 Å². The lowest BCUT2D eigenvalue weighted by molar-refractivity contribution is -0.0674. The molecule has 1 aromatic carbocycles. The van der Waals surface area contributed by atoms with Crippen LogP contribution < -0.4 is 10.6 Å². The van der Waals surface area contributed by atoms with Crippen molar-refractivity contribution in [3.63, 3.8) is 0 Å². The number of methoxy groups -OCH3 is 1. The van der Waals surface area contributed by atoms with Crippen molar-refractivity contribution >= 4 is 6.03 Å². The molecule has 0 aliphatic heterocycles. The number of aliphatic hydroxyl groups is 1. The van der Waals surface area contributed by atoms with Gasteiger partial charge < -0.3 is 20.5 Å². The van der Waals surface area contributed by atoms with Gasteiger partial charge in [-0.1, -0.05) is 24.3 Å². The molecule has 0 radical (unpaired) electrons. The van der Waals surface area contributed by atoms with Crippen LogP contribution in [0.3, 0.4) is 0 Å². The van der Waals surface area contributed by atoms with E-state index in [9.17, 15) is 9.90 Å². The molecule has 1 saturated carbocycles. The number of fused-ring (bicyclic) bond motifs is 1. The Kier molecular flexibility index (Phi) is 4.10. The van der Waals surface area contributed by atoms with Crippen molar-refractivity contribution in [2.45, 2.75) is 43.3 Å². The molecule has 0 spiro atoms. The number of rotatable bonds is 5. The quantitative estimate of drug-likeness (QED) is 0.775. The van der Waals surface area contributed by atoms with Gasteiger partial charge in [0.25, 0.3) is 0 Å². The van der Waals surface area contributed by atoms with E-state index in [1.165, 1.54) is 5.56 Å². The molecule has 1 fully saturated rings. The zero-order valence-electron chi connectivity index (χ0n) is 13.0. The Bertz CT molecular complexity index is 551. The minimum atomic E-state index is -0.955. The number of carbonyl (C=O) groups is 1. The molecule has 2 aliphatic rings. The summed E-state index contributed by atoms with van der Waals surface area (Å²) in [6, 6.07) is 7.63. The van der Waals surface area contributed by atoms with Gasteiger partial charge in [-0.25, -0.2) is 4.79 Å². The lowest BCUT2D eigenvalue weighted by Crippen LogP contribution is -2.52. The van der Waals surface area contributed by atoms with Crippen molar-refractivity contribution in [2.24, 2.45) is 0 Å². The fourth-order valence-electron chi connectivity index (χ4n) is 3.41. The minimum absolute atomic E-state index is 0.186. The SMILES string of the molecule is COC1(CNC(=O)NCC2(O)CCc3ccccc32)CCC1. The zero-order chi connectivity index (χ0) is 15.6. The molecule has 5 nitrogen and oxygen atoms in total. The first-order chi connectivity index (χ1) is 10.6. The van der Waals surface area contributed by atoms with E-state index in [1.54, 1.807) is 7.11 Å². The third-order valence-corrected chi connectivity index (χ3v) is 5.14. The van der Waals surface area contributed by atoms with Gasteiger partial charge in [0.1, 0.15) is 5.60 Å². The molecule has 0 heterocycles. The standard InChI is InChI=1S/C17H24N2O3/c1-22-16(8-4-9-16)11-18-15(20)19-12-17(21)10-7-13-5-2-3-6-14(13)17/h2-3,5-6,21H,4,7-12H2,1H3,(H2,18,19,20). The van der Waals surface area contributed by atoms with Crippen LogP contribution >= 0.6 is 0 Å². The Hall–Kier alpha value is -1.59. The molecule has 3 N–H and O–H groups in total. The first kappa shape index (κ1) is 15.3. The number of aryl methyl sites for hydroxylation is 1. The van der Waals surface area contributed by atoms with Gasteiger partial charge in [-0.3, -0.25) is 0 Å². The lowest BCUT2D eigenvalue weighted by Gasteiger charge is -2.40. The number of hydrogen-bond donors (Lipinski definition) is 3. The Balaban J connectivity index is 1.51. The van der Waals surface area contributed by atoms with Gasteiger partial charge in [0, 0.05) is 13.7 Å². The summed E-state index contributed by atoms with van der Waals surface area (Å²) in [6.45, 7) is 0.750. The number of nitrogens with one attached hydrogen (secondary N) is 2. The van der Waals surface area contributed by atoms with Crippen LogP contribution in [0.2, 0.25) is 0 Å². The van der Waals surface area contributed by atoms with E-state index in [0.29, 0.717) is 13.0 Å². The van der Waals surface area contributed by atoms with Gasteiger partial charge in [0.2, 0.25) is 0 Å². The van der Waals surface area contributed by atoms with Crippen molar-refractivity contribution in [2.75, 3.05) is 20.2 Å². The average Bonchev–Trinajstić information content (AvgIpc) is 2.83. The van der Waals surface area contributed by atoms with Crippen LogP contribution in [-0.4, -0.2) is 36.9 Å². The van der Waals surface area contributed by atoms with E-state index in [-0.39, 0.29) is 18.2 Å². The van der Waals surface area contributed by atoms with E-state index >= 15 is 0 Å². The van der Waals surface area contributed by atoms with E-state index in [4.69, 9.17) is 4.74 Å². The summed E-state index contributed by atoms with van der Waals surface area (Å²) >= 11 is 0. The van der Waals surface area contributed by atoms with E-state index in [1.807, 2.05) is 24.3 Å². The highest BCUT2D eigenvalue weighted by Gasteiger charge is 2.38. The van der Waals surface area contributed by atoms with Crippen molar-refractivity contribution in [3.05, 3.63) is 35.4 Å². The van der Waals surface area contributed by atoms with Crippen LogP contribution in [0.5, 0.6) is 0 Å². The first-order valence-corrected chi connectivity index (χ1v) is 7.95. The molecule has 1 unspecified atom stereocenters. The minimum Gasteiger partial charge on any atom is -0.383 e.